The van der Waals surface area contributed by atoms with Crippen molar-refractivity contribution < 1.29 is 19.1 Å². The molecular weight excluding hydrogens is 364 g/mol. The molecule has 0 aliphatic carbocycles. The first-order chi connectivity index (χ1) is 11.9. The molecule has 2 N–H and O–H groups in total. The highest BCUT2D eigenvalue weighted by atomic mass is 35.5. The molecule has 6 nitrogen and oxygen atoms in total. The second kappa shape index (κ2) is 8.73. The van der Waals surface area contributed by atoms with Crippen molar-refractivity contribution in [1.29, 1.82) is 0 Å². The monoisotopic (exact) mass is 382 g/mol. The number of nitrogens with two attached hydrogens (primary N) is 1. The van der Waals surface area contributed by atoms with Crippen LogP contribution in [0.15, 0.2) is 30.3 Å². The van der Waals surface area contributed by atoms with Crippen molar-refractivity contribution >= 4 is 34.8 Å². The number of halogens is 1. The van der Waals surface area contributed by atoms with E-state index in [2.05, 4.69) is 0 Å². The number of rotatable bonds is 8. The van der Waals surface area contributed by atoms with Crippen molar-refractivity contribution in [3.05, 3.63) is 45.1 Å². The number of nitrogens with zero attached hydrogens (tertiary/aromatic N) is 1. The van der Waals surface area contributed by atoms with Gasteiger partial charge in [0.2, 0.25) is 0 Å². The van der Waals surface area contributed by atoms with Gasteiger partial charge in [0.1, 0.15) is 0 Å². The largest absolute Gasteiger partial charge is 0.493 e. The van der Waals surface area contributed by atoms with Gasteiger partial charge in [-0.2, -0.15) is 0 Å². The first-order valence-corrected chi connectivity index (χ1v) is 8.76. The minimum Gasteiger partial charge on any atom is -0.493 e. The van der Waals surface area contributed by atoms with Gasteiger partial charge in [0.15, 0.2) is 18.1 Å². The molecule has 1 aromatic heterocycles. The van der Waals surface area contributed by atoms with Crippen LogP contribution in [0.1, 0.15) is 22.2 Å². The van der Waals surface area contributed by atoms with Crippen LogP contribution in [0.4, 0.5) is 0 Å². The standard InChI is InChI=1S/C17H19ClN2O4S/c1-3-20(9-12-5-7-15(18)25-12)17(22)11-4-6-13(14(8-11)23-2)24-10-16(19)21/h4-8H,3,9-10H2,1-2H3,(H2,19,21). The minimum absolute atomic E-state index is 0.133. The molecule has 0 atom stereocenters. The third-order valence-electron chi connectivity index (χ3n) is 3.42. The molecule has 0 saturated carbocycles. The molecule has 0 unspecified atom stereocenters. The van der Waals surface area contributed by atoms with E-state index in [1.54, 1.807) is 23.1 Å². The fraction of sp³-hybridized carbons (Fsp3) is 0.294. The molecule has 25 heavy (non-hydrogen) atoms. The van der Waals surface area contributed by atoms with E-state index >= 15 is 0 Å². The number of methoxy groups -OCH3 is 1. The Labute approximate surface area is 155 Å². The van der Waals surface area contributed by atoms with E-state index in [0.717, 1.165) is 4.88 Å². The second-order valence-corrected chi connectivity index (χ2v) is 6.95. The minimum atomic E-state index is -0.589. The maximum atomic E-state index is 12.8. The van der Waals surface area contributed by atoms with Gasteiger partial charge < -0.3 is 20.1 Å². The van der Waals surface area contributed by atoms with Crippen LogP contribution < -0.4 is 15.2 Å². The van der Waals surface area contributed by atoms with E-state index in [9.17, 15) is 9.59 Å². The third kappa shape index (κ3) is 5.11. The molecule has 0 fully saturated rings. The number of thiophene rings is 1. The molecule has 0 bridgehead atoms. The Morgan fingerprint density at radius 3 is 2.56 bits per heavy atom. The Bertz CT molecular complexity index is 763. The van der Waals surface area contributed by atoms with Crippen molar-refractivity contribution in [3.8, 4) is 11.5 Å². The third-order valence-corrected chi connectivity index (χ3v) is 4.64. The van der Waals surface area contributed by atoms with Crippen LogP contribution in [0.3, 0.4) is 0 Å². The molecule has 0 aliphatic rings. The SMILES string of the molecule is CCN(Cc1ccc(Cl)s1)C(=O)c1ccc(OCC(N)=O)c(OC)c1. The lowest BCUT2D eigenvalue weighted by Gasteiger charge is -2.21. The molecule has 0 radical (unpaired) electrons. The van der Waals surface area contributed by atoms with Crippen LogP contribution in [0, 0.1) is 0 Å². The van der Waals surface area contributed by atoms with Crippen LogP contribution in [0.25, 0.3) is 0 Å². The van der Waals surface area contributed by atoms with Gasteiger partial charge in [-0.1, -0.05) is 11.6 Å². The molecule has 0 aliphatic heterocycles. The van der Waals surface area contributed by atoms with E-state index in [1.807, 2.05) is 19.1 Å². The fourth-order valence-electron chi connectivity index (χ4n) is 2.20. The Morgan fingerprint density at radius 1 is 1.24 bits per heavy atom. The van der Waals surface area contributed by atoms with Crippen molar-refractivity contribution in [3.63, 3.8) is 0 Å². The maximum Gasteiger partial charge on any atom is 0.255 e. The highest BCUT2D eigenvalue weighted by molar-refractivity contribution is 7.16. The lowest BCUT2D eigenvalue weighted by atomic mass is 10.1. The molecule has 134 valence electrons. The maximum absolute atomic E-state index is 12.8. The number of carbonyl (C=O) groups is 2. The van der Waals surface area contributed by atoms with E-state index < -0.39 is 5.91 Å². The number of benzene rings is 1. The Balaban J connectivity index is 2.17. The van der Waals surface area contributed by atoms with Crippen LogP contribution >= 0.6 is 22.9 Å². The Kier molecular flexibility index (Phi) is 6.66. The first kappa shape index (κ1) is 19.1. The molecule has 1 aromatic carbocycles. The highest BCUT2D eigenvalue weighted by Gasteiger charge is 2.18. The number of primary amides is 1. The number of hydrogen-bond donors (Lipinski definition) is 1. The van der Waals surface area contributed by atoms with E-state index in [0.29, 0.717) is 34.5 Å². The highest BCUT2D eigenvalue weighted by Crippen LogP contribution is 2.29. The van der Waals surface area contributed by atoms with Gasteiger partial charge in [-0.15, -0.1) is 11.3 Å². The summed E-state index contributed by atoms with van der Waals surface area (Å²) in [5.41, 5.74) is 5.53. The zero-order chi connectivity index (χ0) is 18.4. The first-order valence-electron chi connectivity index (χ1n) is 7.57. The van der Waals surface area contributed by atoms with Crippen LogP contribution in [0.2, 0.25) is 4.34 Å². The number of ether oxygens (including phenoxy) is 2. The predicted molar refractivity (Wildman–Crippen MR) is 97.4 cm³/mol. The predicted octanol–water partition coefficient (Wildman–Crippen LogP) is 2.94. The summed E-state index contributed by atoms with van der Waals surface area (Å²) in [6, 6.07) is 8.52. The summed E-state index contributed by atoms with van der Waals surface area (Å²) in [5, 5.41) is 0. The molecule has 0 spiro atoms. The summed E-state index contributed by atoms with van der Waals surface area (Å²) in [6.07, 6.45) is 0. The Morgan fingerprint density at radius 2 is 2.00 bits per heavy atom. The summed E-state index contributed by atoms with van der Waals surface area (Å²) >= 11 is 7.39. The zero-order valence-corrected chi connectivity index (χ0v) is 15.5. The average Bonchev–Trinajstić information content (AvgIpc) is 3.02. The molecular formula is C17H19ClN2O4S. The number of amides is 2. The fourth-order valence-corrected chi connectivity index (χ4v) is 3.31. The van der Waals surface area contributed by atoms with Gasteiger partial charge >= 0.3 is 0 Å². The van der Waals surface area contributed by atoms with E-state index in [-0.39, 0.29) is 12.5 Å². The molecule has 2 amide bonds. The summed E-state index contributed by atoms with van der Waals surface area (Å²) in [7, 11) is 1.46. The van der Waals surface area contributed by atoms with E-state index in [4.69, 9.17) is 26.8 Å². The summed E-state index contributed by atoms with van der Waals surface area (Å²) in [4.78, 5) is 26.3. The normalized spacial score (nSPS) is 10.4. The summed E-state index contributed by atoms with van der Waals surface area (Å²) in [5.74, 6) is -0.00555. The number of hydrogen-bond acceptors (Lipinski definition) is 5. The zero-order valence-electron chi connectivity index (χ0n) is 14.0. The van der Waals surface area contributed by atoms with Crippen molar-refractivity contribution in [1.82, 2.24) is 4.90 Å². The molecule has 8 heteroatoms. The van der Waals surface area contributed by atoms with E-state index in [1.165, 1.54) is 18.4 Å². The van der Waals surface area contributed by atoms with Gasteiger partial charge in [-0.3, -0.25) is 9.59 Å². The van der Waals surface area contributed by atoms with Crippen molar-refractivity contribution in [2.75, 3.05) is 20.3 Å². The van der Waals surface area contributed by atoms with Gasteiger partial charge in [-0.25, -0.2) is 0 Å². The quantitative estimate of drug-likeness (QED) is 0.761. The van der Waals surface area contributed by atoms with Crippen LogP contribution in [-0.2, 0) is 11.3 Å². The number of carbonyl (C=O) groups excluding carboxylic acids is 2. The second-order valence-electron chi connectivity index (χ2n) is 5.15. The van der Waals surface area contributed by atoms with Crippen molar-refractivity contribution in [2.45, 2.75) is 13.5 Å². The molecule has 0 saturated heterocycles. The molecule has 1 heterocycles. The summed E-state index contributed by atoms with van der Waals surface area (Å²) in [6.45, 7) is 2.68. The van der Waals surface area contributed by atoms with Gasteiger partial charge in [0.05, 0.1) is 18.0 Å². The van der Waals surface area contributed by atoms with Crippen molar-refractivity contribution in [2.24, 2.45) is 5.73 Å². The van der Waals surface area contributed by atoms with Gasteiger partial charge in [-0.05, 0) is 37.3 Å². The van der Waals surface area contributed by atoms with Gasteiger partial charge in [0.25, 0.3) is 11.8 Å². The lowest BCUT2D eigenvalue weighted by Crippen LogP contribution is -2.30. The van der Waals surface area contributed by atoms with Gasteiger partial charge in [0, 0.05) is 17.0 Å². The topological polar surface area (TPSA) is 81.9 Å². The average molecular weight is 383 g/mol. The Hall–Kier alpha value is -2.25. The lowest BCUT2D eigenvalue weighted by molar-refractivity contribution is -0.119. The molecule has 2 rings (SSSR count). The smallest absolute Gasteiger partial charge is 0.255 e. The van der Waals surface area contributed by atoms with Crippen LogP contribution in [0.5, 0.6) is 11.5 Å². The summed E-state index contributed by atoms with van der Waals surface area (Å²) < 4.78 is 11.2. The molecule has 2 aromatic rings. The van der Waals surface area contributed by atoms with Crippen LogP contribution in [-0.4, -0.2) is 37.0 Å².